The highest BCUT2D eigenvalue weighted by molar-refractivity contribution is 5.91. The van der Waals surface area contributed by atoms with Gasteiger partial charge in [0.1, 0.15) is 5.82 Å². The first kappa shape index (κ1) is 19.9. The summed E-state index contributed by atoms with van der Waals surface area (Å²) in [6, 6.07) is 10.1. The minimum atomic E-state index is -0.198. The van der Waals surface area contributed by atoms with E-state index in [1.54, 1.807) is 24.3 Å². The minimum absolute atomic E-state index is 0.0679. The van der Waals surface area contributed by atoms with Crippen LogP contribution in [0.3, 0.4) is 0 Å². The van der Waals surface area contributed by atoms with Gasteiger partial charge in [0.15, 0.2) is 11.7 Å². The van der Waals surface area contributed by atoms with E-state index in [2.05, 4.69) is 10.2 Å². The molecule has 1 N–H and O–H groups in total. The molecular weight excluding hydrogens is 359 g/mol. The number of guanidine groups is 1. The van der Waals surface area contributed by atoms with Gasteiger partial charge in [-0.2, -0.15) is 0 Å². The molecule has 0 aliphatic carbocycles. The van der Waals surface area contributed by atoms with Gasteiger partial charge < -0.3 is 19.5 Å². The molecule has 0 saturated carbocycles. The molecule has 0 radical (unpaired) electrons. The zero-order chi connectivity index (χ0) is 19.8. The molecule has 1 aromatic carbocycles. The van der Waals surface area contributed by atoms with Crippen LogP contribution in [-0.4, -0.2) is 60.9 Å². The summed E-state index contributed by atoms with van der Waals surface area (Å²) in [6.45, 7) is 6.21. The topological polar surface area (TPSA) is 61.1 Å². The van der Waals surface area contributed by atoms with E-state index in [1.807, 2.05) is 17.9 Å². The van der Waals surface area contributed by atoms with Crippen LogP contribution in [0.25, 0.3) is 0 Å². The summed E-state index contributed by atoms with van der Waals surface area (Å²) >= 11 is 0. The highest BCUT2D eigenvalue weighted by Crippen LogP contribution is 2.10. The van der Waals surface area contributed by atoms with E-state index in [0.29, 0.717) is 25.4 Å². The molecule has 2 aromatic rings. The van der Waals surface area contributed by atoms with Crippen LogP contribution < -0.4 is 5.32 Å². The molecule has 0 atom stereocenters. The summed E-state index contributed by atoms with van der Waals surface area (Å²) in [4.78, 5) is 21.1. The maximum absolute atomic E-state index is 13.2. The third-order valence-corrected chi connectivity index (χ3v) is 4.71. The van der Waals surface area contributed by atoms with Crippen LogP contribution in [0.1, 0.15) is 29.5 Å². The van der Waals surface area contributed by atoms with Gasteiger partial charge in [-0.1, -0.05) is 12.1 Å². The molecule has 1 saturated heterocycles. The fraction of sp³-hybridized carbons (Fsp3) is 0.429. The Kier molecular flexibility index (Phi) is 7.06. The van der Waals surface area contributed by atoms with E-state index in [0.717, 1.165) is 44.0 Å². The smallest absolute Gasteiger partial charge is 0.289 e. The van der Waals surface area contributed by atoms with E-state index >= 15 is 0 Å². The Morgan fingerprint density at radius 1 is 1.18 bits per heavy atom. The predicted molar refractivity (Wildman–Crippen MR) is 107 cm³/mol. The number of aliphatic imine (C=N–C) groups is 1. The Bertz CT molecular complexity index is 783. The number of carbonyl (C=O) groups excluding carboxylic acids is 1. The maximum atomic E-state index is 13.2. The highest BCUT2D eigenvalue weighted by Gasteiger charge is 2.25. The van der Waals surface area contributed by atoms with Crippen molar-refractivity contribution in [3.8, 4) is 0 Å². The van der Waals surface area contributed by atoms with Crippen LogP contribution >= 0.6 is 0 Å². The first-order valence-corrected chi connectivity index (χ1v) is 9.78. The molecule has 1 aliphatic rings. The second kappa shape index (κ2) is 9.92. The van der Waals surface area contributed by atoms with E-state index in [-0.39, 0.29) is 11.7 Å². The second-order valence-corrected chi connectivity index (χ2v) is 6.73. The summed E-state index contributed by atoms with van der Waals surface area (Å²) in [5.41, 5.74) is 0.991. The Morgan fingerprint density at radius 3 is 2.64 bits per heavy atom. The highest BCUT2D eigenvalue weighted by atomic mass is 19.1. The minimum Gasteiger partial charge on any atom is -0.459 e. The van der Waals surface area contributed by atoms with Gasteiger partial charge >= 0.3 is 0 Å². The summed E-state index contributed by atoms with van der Waals surface area (Å²) in [6.07, 6.45) is 3.17. The number of nitrogens with zero attached hydrogens (tertiary/aromatic N) is 3. The lowest BCUT2D eigenvalue weighted by molar-refractivity contribution is 0.0657. The van der Waals surface area contributed by atoms with Gasteiger partial charge in [0.25, 0.3) is 5.91 Å². The number of rotatable bonds is 6. The number of furan rings is 1. The van der Waals surface area contributed by atoms with Crippen molar-refractivity contribution in [2.24, 2.45) is 4.99 Å². The van der Waals surface area contributed by atoms with Crippen molar-refractivity contribution >= 4 is 11.9 Å². The van der Waals surface area contributed by atoms with Crippen molar-refractivity contribution in [3.05, 3.63) is 59.8 Å². The van der Waals surface area contributed by atoms with Gasteiger partial charge in [-0.3, -0.25) is 9.79 Å². The summed E-state index contributed by atoms with van der Waals surface area (Å²) in [7, 11) is 0. The quantitative estimate of drug-likeness (QED) is 0.471. The van der Waals surface area contributed by atoms with Crippen LogP contribution in [0.5, 0.6) is 0 Å². The Balaban J connectivity index is 1.49. The van der Waals surface area contributed by atoms with Crippen LogP contribution in [0, 0.1) is 5.82 Å². The average molecular weight is 386 g/mol. The maximum Gasteiger partial charge on any atom is 0.289 e. The molecule has 1 aromatic heterocycles. The molecule has 1 fully saturated rings. The number of hydrogen-bond acceptors (Lipinski definition) is 3. The standard InChI is InChI=1S/C21H27FN4O2/c1-2-23-21(24-10-4-7-17-6-3-8-18(22)16-17)26-13-11-25(12-14-26)20(27)19-9-5-15-28-19/h3,5-6,8-9,15-16H,2,4,7,10-14H2,1H3,(H,23,24). The van der Waals surface area contributed by atoms with E-state index < -0.39 is 0 Å². The van der Waals surface area contributed by atoms with Gasteiger partial charge in [-0.25, -0.2) is 4.39 Å². The van der Waals surface area contributed by atoms with E-state index in [9.17, 15) is 9.18 Å². The van der Waals surface area contributed by atoms with Crippen LogP contribution in [-0.2, 0) is 6.42 Å². The fourth-order valence-corrected chi connectivity index (χ4v) is 3.26. The summed E-state index contributed by atoms with van der Waals surface area (Å²) in [5, 5.41) is 3.33. The molecule has 1 amide bonds. The third-order valence-electron chi connectivity index (χ3n) is 4.71. The molecule has 6 nitrogen and oxygen atoms in total. The molecule has 3 rings (SSSR count). The molecular formula is C21H27FN4O2. The van der Waals surface area contributed by atoms with Gasteiger partial charge in [0, 0.05) is 39.3 Å². The fourth-order valence-electron chi connectivity index (χ4n) is 3.26. The normalized spacial score (nSPS) is 15.0. The lowest BCUT2D eigenvalue weighted by atomic mass is 10.1. The molecule has 0 unspecified atom stereocenters. The number of piperazine rings is 1. The third kappa shape index (κ3) is 5.34. The van der Waals surface area contributed by atoms with Crippen molar-refractivity contribution in [2.75, 3.05) is 39.3 Å². The number of nitrogens with one attached hydrogen (secondary N) is 1. The average Bonchev–Trinajstić information content (AvgIpc) is 3.25. The number of aryl methyl sites for hydroxylation is 1. The lowest BCUT2D eigenvalue weighted by Gasteiger charge is -2.36. The molecule has 0 spiro atoms. The Hall–Kier alpha value is -2.83. The van der Waals surface area contributed by atoms with Gasteiger partial charge in [0.2, 0.25) is 0 Å². The van der Waals surface area contributed by atoms with Crippen molar-refractivity contribution < 1.29 is 13.6 Å². The van der Waals surface area contributed by atoms with Gasteiger partial charge in [-0.15, -0.1) is 0 Å². The van der Waals surface area contributed by atoms with Crippen LogP contribution in [0.15, 0.2) is 52.1 Å². The molecule has 1 aliphatic heterocycles. The number of benzene rings is 1. The summed E-state index contributed by atoms with van der Waals surface area (Å²) < 4.78 is 18.5. The van der Waals surface area contributed by atoms with Crippen LogP contribution in [0.4, 0.5) is 4.39 Å². The monoisotopic (exact) mass is 386 g/mol. The van der Waals surface area contributed by atoms with Gasteiger partial charge in [-0.05, 0) is 49.6 Å². The second-order valence-electron chi connectivity index (χ2n) is 6.73. The molecule has 150 valence electrons. The lowest BCUT2D eigenvalue weighted by Crippen LogP contribution is -2.53. The largest absolute Gasteiger partial charge is 0.459 e. The Labute approximate surface area is 165 Å². The SMILES string of the molecule is CCNC(=NCCCc1cccc(F)c1)N1CCN(C(=O)c2ccco2)CC1. The molecule has 2 heterocycles. The zero-order valence-electron chi connectivity index (χ0n) is 16.2. The predicted octanol–water partition coefficient (Wildman–Crippen LogP) is 2.77. The van der Waals surface area contributed by atoms with Crippen molar-refractivity contribution in [3.63, 3.8) is 0 Å². The number of amides is 1. The molecule has 28 heavy (non-hydrogen) atoms. The molecule has 0 bridgehead atoms. The Morgan fingerprint density at radius 2 is 1.96 bits per heavy atom. The van der Waals surface area contributed by atoms with Crippen molar-refractivity contribution in [1.82, 2.24) is 15.1 Å². The summed E-state index contributed by atoms with van der Waals surface area (Å²) in [5.74, 6) is 0.983. The van der Waals surface area contributed by atoms with Crippen molar-refractivity contribution in [2.45, 2.75) is 19.8 Å². The first-order chi connectivity index (χ1) is 13.7. The zero-order valence-corrected chi connectivity index (χ0v) is 16.2. The van der Waals surface area contributed by atoms with E-state index in [4.69, 9.17) is 9.41 Å². The number of hydrogen-bond donors (Lipinski definition) is 1. The van der Waals surface area contributed by atoms with Gasteiger partial charge in [0.05, 0.1) is 6.26 Å². The number of carbonyl (C=O) groups is 1. The van der Waals surface area contributed by atoms with E-state index in [1.165, 1.54) is 12.3 Å². The van der Waals surface area contributed by atoms with Crippen molar-refractivity contribution in [1.29, 1.82) is 0 Å². The molecule has 7 heteroatoms. The van der Waals surface area contributed by atoms with Crippen LogP contribution in [0.2, 0.25) is 0 Å². The first-order valence-electron chi connectivity index (χ1n) is 9.78. The number of halogens is 1.